The lowest BCUT2D eigenvalue weighted by Crippen LogP contribution is -2.15. The average Bonchev–Trinajstić information content (AvgIpc) is 2.78. The summed E-state index contributed by atoms with van der Waals surface area (Å²) in [4.78, 5) is 0. The van der Waals surface area contributed by atoms with Gasteiger partial charge in [0.25, 0.3) is 0 Å². The van der Waals surface area contributed by atoms with Crippen LogP contribution in [0.25, 0.3) is 11.0 Å². The predicted molar refractivity (Wildman–Crippen MR) is 74.2 cm³/mol. The molecule has 1 aromatic heterocycles. The van der Waals surface area contributed by atoms with E-state index in [9.17, 15) is 0 Å². The van der Waals surface area contributed by atoms with Crippen molar-refractivity contribution in [2.45, 2.75) is 32.7 Å². The highest BCUT2D eigenvalue weighted by molar-refractivity contribution is 5.84. The van der Waals surface area contributed by atoms with E-state index in [4.69, 9.17) is 9.15 Å². The Morgan fingerprint density at radius 1 is 1.33 bits per heavy atom. The molecule has 1 atom stereocenters. The lowest BCUT2D eigenvalue weighted by Gasteiger charge is -2.11. The summed E-state index contributed by atoms with van der Waals surface area (Å²) in [7, 11) is 3.65. The Hall–Kier alpha value is -1.48. The highest BCUT2D eigenvalue weighted by Crippen LogP contribution is 2.33. The molecule has 1 unspecified atom stereocenters. The van der Waals surface area contributed by atoms with E-state index in [-0.39, 0.29) is 6.04 Å². The van der Waals surface area contributed by atoms with Crippen molar-refractivity contribution in [3.8, 4) is 5.75 Å². The van der Waals surface area contributed by atoms with Crippen molar-refractivity contribution in [1.82, 2.24) is 5.32 Å². The van der Waals surface area contributed by atoms with Crippen LogP contribution >= 0.6 is 0 Å². The van der Waals surface area contributed by atoms with Crippen LogP contribution in [0.1, 0.15) is 37.1 Å². The Morgan fingerprint density at radius 2 is 2.11 bits per heavy atom. The predicted octanol–water partition coefficient (Wildman–Crippen LogP) is 3.81. The first-order valence-electron chi connectivity index (χ1n) is 6.45. The zero-order valence-electron chi connectivity index (χ0n) is 11.5. The summed E-state index contributed by atoms with van der Waals surface area (Å²) >= 11 is 0. The Labute approximate surface area is 108 Å². The maximum Gasteiger partial charge on any atom is 0.176 e. The molecule has 0 radical (unpaired) electrons. The van der Waals surface area contributed by atoms with E-state index in [1.54, 1.807) is 7.11 Å². The van der Waals surface area contributed by atoms with Crippen molar-refractivity contribution < 1.29 is 9.15 Å². The molecule has 3 heteroatoms. The summed E-state index contributed by atoms with van der Waals surface area (Å²) in [5, 5.41) is 4.41. The highest BCUT2D eigenvalue weighted by Gasteiger charge is 2.16. The molecule has 2 aromatic rings. The Morgan fingerprint density at radius 3 is 2.72 bits per heavy atom. The largest absolute Gasteiger partial charge is 0.493 e. The fourth-order valence-corrected chi connectivity index (χ4v) is 2.32. The van der Waals surface area contributed by atoms with Crippen LogP contribution < -0.4 is 10.1 Å². The molecule has 0 aliphatic heterocycles. The quantitative estimate of drug-likeness (QED) is 0.872. The molecule has 98 valence electrons. The average molecular weight is 247 g/mol. The molecule has 1 aromatic carbocycles. The summed E-state index contributed by atoms with van der Waals surface area (Å²) < 4.78 is 11.3. The topological polar surface area (TPSA) is 34.4 Å². The molecule has 2 rings (SSSR count). The zero-order valence-corrected chi connectivity index (χ0v) is 11.5. The molecule has 0 aliphatic rings. The molecule has 3 nitrogen and oxygen atoms in total. The molecule has 0 saturated heterocycles. The summed E-state index contributed by atoms with van der Waals surface area (Å²) in [6.07, 6.45) is 2.19. The number of ether oxygens (including phenoxy) is 1. The van der Waals surface area contributed by atoms with Crippen LogP contribution in [0, 0.1) is 6.92 Å². The number of hydrogen-bond acceptors (Lipinski definition) is 3. The van der Waals surface area contributed by atoms with Gasteiger partial charge in [-0.3, -0.25) is 0 Å². The molecular weight excluding hydrogens is 226 g/mol. The van der Waals surface area contributed by atoms with Gasteiger partial charge < -0.3 is 14.5 Å². The molecule has 0 saturated carbocycles. The molecule has 0 fully saturated rings. The molecule has 1 heterocycles. The SMILES string of the molecule is CCCC(NC)c1cc2cc(C)cc(OC)c2o1. The zero-order chi connectivity index (χ0) is 13.1. The number of fused-ring (bicyclic) bond motifs is 1. The fourth-order valence-electron chi connectivity index (χ4n) is 2.32. The first-order valence-corrected chi connectivity index (χ1v) is 6.45. The van der Waals surface area contributed by atoms with Gasteiger partial charge in [-0.05, 0) is 44.2 Å². The lowest BCUT2D eigenvalue weighted by molar-refractivity contribution is 0.394. The number of furan rings is 1. The van der Waals surface area contributed by atoms with E-state index in [1.165, 1.54) is 5.56 Å². The normalized spacial score (nSPS) is 12.9. The highest BCUT2D eigenvalue weighted by atomic mass is 16.5. The smallest absolute Gasteiger partial charge is 0.176 e. The van der Waals surface area contributed by atoms with Gasteiger partial charge in [0.2, 0.25) is 0 Å². The minimum Gasteiger partial charge on any atom is -0.493 e. The van der Waals surface area contributed by atoms with Crippen LogP contribution in [0.2, 0.25) is 0 Å². The summed E-state index contributed by atoms with van der Waals surface area (Å²) in [5.41, 5.74) is 2.03. The van der Waals surface area contributed by atoms with Gasteiger partial charge >= 0.3 is 0 Å². The van der Waals surface area contributed by atoms with Crippen LogP contribution in [0.4, 0.5) is 0 Å². The van der Waals surface area contributed by atoms with Crippen molar-refractivity contribution in [3.05, 3.63) is 29.5 Å². The second-order valence-corrected chi connectivity index (χ2v) is 4.66. The van der Waals surface area contributed by atoms with Gasteiger partial charge in [0.05, 0.1) is 13.2 Å². The maximum absolute atomic E-state index is 5.96. The van der Waals surface area contributed by atoms with Gasteiger partial charge in [0.1, 0.15) is 5.76 Å². The number of benzene rings is 1. The number of hydrogen-bond donors (Lipinski definition) is 1. The minimum absolute atomic E-state index is 0.271. The van der Waals surface area contributed by atoms with Crippen LogP contribution in [-0.4, -0.2) is 14.2 Å². The third kappa shape index (κ3) is 2.36. The van der Waals surface area contributed by atoms with Gasteiger partial charge in [0.15, 0.2) is 11.3 Å². The van der Waals surface area contributed by atoms with Gasteiger partial charge in [0, 0.05) is 5.39 Å². The molecule has 0 bridgehead atoms. The molecule has 0 amide bonds. The van der Waals surface area contributed by atoms with Crippen LogP contribution in [0.15, 0.2) is 22.6 Å². The molecule has 0 aliphatic carbocycles. The third-order valence-electron chi connectivity index (χ3n) is 3.23. The summed E-state index contributed by atoms with van der Waals surface area (Å²) in [5.74, 6) is 1.79. The van der Waals surface area contributed by atoms with Gasteiger partial charge in [-0.25, -0.2) is 0 Å². The van der Waals surface area contributed by atoms with Crippen LogP contribution in [0.5, 0.6) is 5.75 Å². The number of aryl methyl sites for hydroxylation is 1. The molecule has 18 heavy (non-hydrogen) atoms. The van der Waals surface area contributed by atoms with E-state index in [2.05, 4.69) is 31.3 Å². The van der Waals surface area contributed by atoms with Gasteiger partial charge in [-0.2, -0.15) is 0 Å². The minimum atomic E-state index is 0.271. The van der Waals surface area contributed by atoms with Crippen LogP contribution in [-0.2, 0) is 0 Å². The second kappa shape index (κ2) is 5.44. The number of nitrogens with one attached hydrogen (secondary N) is 1. The van der Waals surface area contributed by atoms with Gasteiger partial charge in [-0.1, -0.05) is 13.3 Å². The van der Waals surface area contributed by atoms with E-state index >= 15 is 0 Å². The van der Waals surface area contributed by atoms with Crippen molar-refractivity contribution in [1.29, 1.82) is 0 Å². The molecule has 0 spiro atoms. The van der Waals surface area contributed by atoms with E-state index < -0.39 is 0 Å². The Balaban J connectivity index is 2.48. The molecule has 1 N–H and O–H groups in total. The second-order valence-electron chi connectivity index (χ2n) is 4.66. The summed E-state index contributed by atoms with van der Waals surface area (Å²) in [6, 6.07) is 6.52. The van der Waals surface area contributed by atoms with E-state index in [0.717, 1.165) is 35.3 Å². The maximum atomic E-state index is 5.96. The van der Waals surface area contributed by atoms with Crippen molar-refractivity contribution >= 4 is 11.0 Å². The number of methoxy groups -OCH3 is 1. The van der Waals surface area contributed by atoms with Crippen LogP contribution in [0.3, 0.4) is 0 Å². The Bertz CT molecular complexity index is 531. The monoisotopic (exact) mass is 247 g/mol. The lowest BCUT2D eigenvalue weighted by atomic mass is 10.1. The summed E-state index contributed by atoms with van der Waals surface area (Å²) in [6.45, 7) is 4.24. The standard InChI is InChI=1S/C15H21NO2/c1-5-6-12(16-3)13-9-11-7-10(2)8-14(17-4)15(11)18-13/h7-9,12,16H,5-6H2,1-4H3. The third-order valence-corrected chi connectivity index (χ3v) is 3.23. The van der Waals surface area contributed by atoms with E-state index in [1.807, 2.05) is 13.1 Å². The molecular formula is C15H21NO2. The van der Waals surface area contributed by atoms with Crippen molar-refractivity contribution in [2.75, 3.05) is 14.2 Å². The first kappa shape index (κ1) is 13.0. The van der Waals surface area contributed by atoms with Gasteiger partial charge in [-0.15, -0.1) is 0 Å². The van der Waals surface area contributed by atoms with Crippen molar-refractivity contribution in [3.63, 3.8) is 0 Å². The fraction of sp³-hybridized carbons (Fsp3) is 0.467. The van der Waals surface area contributed by atoms with Crippen molar-refractivity contribution in [2.24, 2.45) is 0 Å². The number of rotatable bonds is 5. The van der Waals surface area contributed by atoms with E-state index in [0.29, 0.717) is 0 Å². The first-order chi connectivity index (χ1) is 8.69. The Kier molecular flexibility index (Phi) is 3.92.